The number of pyridine rings is 1. The predicted octanol–water partition coefficient (Wildman–Crippen LogP) is 1.94. The average molecular weight is 222 g/mol. The fourth-order valence-electron chi connectivity index (χ4n) is 1.28. The van der Waals surface area contributed by atoms with Crippen molar-refractivity contribution in [3.8, 4) is 0 Å². The molecule has 0 spiro atoms. The van der Waals surface area contributed by atoms with Crippen LogP contribution in [0.4, 0.5) is 5.69 Å². The van der Waals surface area contributed by atoms with Crippen molar-refractivity contribution >= 4 is 11.7 Å². The summed E-state index contributed by atoms with van der Waals surface area (Å²) in [4.78, 5) is 15.4. The van der Waals surface area contributed by atoms with Gasteiger partial charge in [0.1, 0.15) is 0 Å². The van der Waals surface area contributed by atoms with Gasteiger partial charge in [-0.25, -0.2) is 0 Å². The lowest BCUT2D eigenvalue weighted by molar-refractivity contribution is -0.143. The first-order valence-corrected chi connectivity index (χ1v) is 5.58. The van der Waals surface area contributed by atoms with E-state index in [9.17, 15) is 4.79 Å². The van der Waals surface area contributed by atoms with Crippen LogP contribution in [-0.4, -0.2) is 17.6 Å². The van der Waals surface area contributed by atoms with Crippen LogP contribution in [0.25, 0.3) is 0 Å². The zero-order chi connectivity index (χ0) is 11.8. The molecule has 4 nitrogen and oxygen atoms in total. The van der Waals surface area contributed by atoms with E-state index in [4.69, 9.17) is 10.5 Å². The first kappa shape index (κ1) is 12.5. The Labute approximate surface area is 95.8 Å². The predicted molar refractivity (Wildman–Crippen MR) is 62.8 cm³/mol. The molecule has 2 N–H and O–H groups in total. The Bertz CT molecular complexity index is 322. The molecule has 1 heterocycles. The second-order valence-corrected chi connectivity index (χ2v) is 3.69. The molecular weight excluding hydrogens is 204 g/mol. The molecule has 1 aromatic rings. The van der Waals surface area contributed by atoms with E-state index in [1.54, 1.807) is 18.3 Å². The monoisotopic (exact) mass is 222 g/mol. The van der Waals surface area contributed by atoms with Gasteiger partial charge in [-0.15, -0.1) is 0 Å². The lowest BCUT2D eigenvalue weighted by Crippen LogP contribution is -2.10. The molecule has 0 fully saturated rings. The molecule has 1 rings (SSSR count). The van der Waals surface area contributed by atoms with Crippen molar-refractivity contribution in [3.05, 3.63) is 24.0 Å². The summed E-state index contributed by atoms with van der Waals surface area (Å²) in [5.41, 5.74) is 6.78. The molecule has 0 aliphatic carbocycles. The van der Waals surface area contributed by atoms with Gasteiger partial charge < -0.3 is 10.5 Å². The lowest BCUT2D eigenvalue weighted by atomic mass is 10.2. The Kier molecular flexibility index (Phi) is 5.32. The molecule has 0 unspecified atom stereocenters. The number of hydrogen-bond donors (Lipinski definition) is 1. The van der Waals surface area contributed by atoms with Crippen LogP contribution in [-0.2, 0) is 16.0 Å². The molecule has 0 aromatic carbocycles. The van der Waals surface area contributed by atoms with Crippen molar-refractivity contribution in [2.45, 2.75) is 32.6 Å². The quantitative estimate of drug-likeness (QED) is 0.590. The van der Waals surface area contributed by atoms with Gasteiger partial charge in [0, 0.05) is 0 Å². The molecule has 0 aliphatic heterocycles. The minimum absolute atomic E-state index is 0.215. The summed E-state index contributed by atoms with van der Waals surface area (Å²) in [6.45, 7) is 2.61. The van der Waals surface area contributed by atoms with Gasteiger partial charge in [0.05, 0.1) is 30.6 Å². The molecule has 16 heavy (non-hydrogen) atoms. The number of nitrogens with two attached hydrogens (primary N) is 1. The standard InChI is InChI=1S/C12H18N2O2/c1-2-3-4-7-16-12(15)8-11-6-5-10(13)9-14-11/h5-6,9H,2-4,7-8,13H2,1H3. The summed E-state index contributed by atoms with van der Waals surface area (Å²) in [5, 5.41) is 0. The Balaban J connectivity index is 2.26. The molecule has 4 heteroatoms. The minimum Gasteiger partial charge on any atom is -0.465 e. The van der Waals surface area contributed by atoms with Gasteiger partial charge in [0.15, 0.2) is 0 Å². The highest BCUT2D eigenvalue weighted by Gasteiger charge is 2.05. The van der Waals surface area contributed by atoms with Crippen LogP contribution in [0.2, 0.25) is 0 Å². The second-order valence-electron chi connectivity index (χ2n) is 3.69. The normalized spacial score (nSPS) is 10.1. The summed E-state index contributed by atoms with van der Waals surface area (Å²) >= 11 is 0. The zero-order valence-electron chi connectivity index (χ0n) is 9.61. The van der Waals surface area contributed by atoms with Crippen molar-refractivity contribution in [1.29, 1.82) is 0 Å². The number of esters is 1. The summed E-state index contributed by atoms with van der Waals surface area (Å²) in [6.07, 6.45) is 4.90. The molecular formula is C12H18N2O2. The maximum absolute atomic E-state index is 11.4. The van der Waals surface area contributed by atoms with Gasteiger partial charge in [-0.1, -0.05) is 19.8 Å². The number of ether oxygens (including phenoxy) is 1. The van der Waals surface area contributed by atoms with Crippen LogP contribution in [0, 0.1) is 0 Å². The summed E-state index contributed by atoms with van der Waals surface area (Å²) < 4.78 is 5.07. The Morgan fingerprint density at radius 2 is 2.25 bits per heavy atom. The summed E-state index contributed by atoms with van der Waals surface area (Å²) in [6, 6.07) is 3.47. The number of carbonyl (C=O) groups excluding carboxylic acids is 1. The SMILES string of the molecule is CCCCCOC(=O)Cc1ccc(N)cn1. The van der Waals surface area contributed by atoms with Gasteiger partial charge in [0.2, 0.25) is 0 Å². The molecule has 0 radical (unpaired) electrons. The Hall–Kier alpha value is -1.58. The van der Waals surface area contributed by atoms with Gasteiger partial charge in [-0.05, 0) is 18.6 Å². The number of nitrogen functional groups attached to an aromatic ring is 1. The van der Waals surface area contributed by atoms with Gasteiger partial charge in [-0.2, -0.15) is 0 Å². The number of aromatic nitrogens is 1. The van der Waals surface area contributed by atoms with E-state index in [-0.39, 0.29) is 12.4 Å². The number of carbonyl (C=O) groups is 1. The second kappa shape index (κ2) is 6.82. The maximum Gasteiger partial charge on any atom is 0.311 e. The zero-order valence-corrected chi connectivity index (χ0v) is 9.61. The van der Waals surface area contributed by atoms with E-state index in [1.165, 1.54) is 0 Å². The fraction of sp³-hybridized carbons (Fsp3) is 0.500. The van der Waals surface area contributed by atoms with Crippen molar-refractivity contribution < 1.29 is 9.53 Å². The molecule has 0 saturated heterocycles. The maximum atomic E-state index is 11.4. The number of rotatable bonds is 6. The van der Waals surface area contributed by atoms with E-state index in [1.807, 2.05) is 0 Å². The molecule has 0 amide bonds. The van der Waals surface area contributed by atoms with Crippen molar-refractivity contribution in [2.75, 3.05) is 12.3 Å². The van der Waals surface area contributed by atoms with Crippen LogP contribution in [0.15, 0.2) is 18.3 Å². The highest BCUT2D eigenvalue weighted by Crippen LogP contribution is 2.03. The van der Waals surface area contributed by atoms with Gasteiger partial charge in [-0.3, -0.25) is 9.78 Å². The van der Waals surface area contributed by atoms with E-state index in [2.05, 4.69) is 11.9 Å². The van der Waals surface area contributed by atoms with Crippen LogP contribution < -0.4 is 5.73 Å². The highest BCUT2D eigenvalue weighted by molar-refractivity contribution is 5.72. The van der Waals surface area contributed by atoms with Crippen molar-refractivity contribution in [1.82, 2.24) is 4.98 Å². The Morgan fingerprint density at radius 1 is 1.44 bits per heavy atom. The number of unbranched alkanes of at least 4 members (excludes halogenated alkanes) is 2. The van der Waals surface area contributed by atoms with Crippen LogP contribution in [0.3, 0.4) is 0 Å². The first-order valence-electron chi connectivity index (χ1n) is 5.58. The number of nitrogens with zero attached hydrogens (tertiary/aromatic N) is 1. The van der Waals surface area contributed by atoms with E-state index in [0.717, 1.165) is 19.3 Å². The van der Waals surface area contributed by atoms with Crippen molar-refractivity contribution in [3.63, 3.8) is 0 Å². The van der Waals surface area contributed by atoms with E-state index >= 15 is 0 Å². The third-order valence-corrected chi connectivity index (χ3v) is 2.18. The minimum atomic E-state index is -0.228. The summed E-state index contributed by atoms with van der Waals surface area (Å²) in [7, 11) is 0. The van der Waals surface area contributed by atoms with Crippen LogP contribution in [0.5, 0.6) is 0 Å². The van der Waals surface area contributed by atoms with E-state index < -0.39 is 0 Å². The topological polar surface area (TPSA) is 65.2 Å². The molecule has 0 bridgehead atoms. The fourth-order valence-corrected chi connectivity index (χ4v) is 1.28. The third-order valence-electron chi connectivity index (χ3n) is 2.18. The first-order chi connectivity index (χ1) is 7.72. The van der Waals surface area contributed by atoms with Crippen molar-refractivity contribution in [2.24, 2.45) is 0 Å². The molecule has 88 valence electrons. The highest BCUT2D eigenvalue weighted by atomic mass is 16.5. The largest absolute Gasteiger partial charge is 0.465 e. The third kappa shape index (κ3) is 4.77. The molecule has 1 aromatic heterocycles. The Morgan fingerprint density at radius 3 is 2.88 bits per heavy atom. The number of hydrogen-bond acceptors (Lipinski definition) is 4. The average Bonchev–Trinajstić information content (AvgIpc) is 2.28. The molecule has 0 saturated carbocycles. The molecule has 0 aliphatic rings. The summed E-state index contributed by atoms with van der Waals surface area (Å²) in [5.74, 6) is -0.228. The lowest BCUT2D eigenvalue weighted by Gasteiger charge is -2.04. The van der Waals surface area contributed by atoms with E-state index in [0.29, 0.717) is 18.0 Å². The van der Waals surface area contributed by atoms with Crippen LogP contribution in [0.1, 0.15) is 31.9 Å². The molecule has 0 atom stereocenters. The number of anilines is 1. The van der Waals surface area contributed by atoms with Gasteiger partial charge >= 0.3 is 5.97 Å². The smallest absolute Gasteiger partial charge is 0.311 e. The van der Waals surface area contributed by atoms with Crippen LogP contribution >= 0.6 is 0 Å². The van der Waals surface area contributed by atoms with Gasteiger partial charge in [0.25, 0.3) is 0 Å².